The van der Waals surface area contributed by atoms with Crippen molar-refractivity contribution in [2.24, 2.45) is 0 Å². The number of hydrogen-bond acceptors (Lipinski definition) is 4. The first-order chi connectivity index (χ1) is 6.27. The fourth-order valence-electron chi connectivity index (χ4n) is 1.29. The summed E-state index contributed by atoms with van der Waals surface area (Å²) in [6.45, 7) is 0.443. The summed E-state index contributed by atoms with van der Waals surface area (Å²) in [5, 5.41) is 11.1. The van der Waals surface area contributed by atoms with Gasteiger partial charge in [0.05, 0.1) is 12.8 Å². The van der Waals surface area contributed by atoms with Crippen molar-refractivity contribution in [3.8, 4) is 0 Å². The molecular weight excluding hydrogens is 168 g/mol. The lowest BCUT2D eigenvalue weighted by Gasteiger charge is -2.04. The van der Waals surface area contributed by atoms with E-state index >= 15 is 0 Å². The maximum absolute atomic E-state index is 9.05. The van der Waals surface area contributed by atoms with Crippen LogP contribution in [0.15, 0.2) is 29.1 Å². The van der Waals surface area contributed by atoms with Gasteiger partial charge >= 0.3 is 0 Å². The van der Waals surface area contributed by atoms with E-state index in [1.54, 1.807) is 31.8 Å². The minimum atomic E-state index is 0.443. The average Bonchev–Trinajstić information content (AvgIpc) is 2.48. The van der Waals surface area contributed by atoms with Crippen molar-refractivity contribution in [1.82, 2.24) is 10.0 Å². The fraction of sp³-hybridized carbons (Fsp3) is 0.222. The Morgan fingerprint density at radius 1 is 1.62 bits per heavy atom. The Balaban J connectivity index is 2.46. The zero-order chi connectivity index (χ0) is 9.26. The summed E-state index contributed by atoms with van der Waals surface area (Å²) < 4.78 is 5.27. The van der Waals surface area contributed by atoms with Crippen molar-refractivity contribution in [2.75, 3.05) is 7.05 Å². The molecule has 0 aliphatic carbocycles. The molecule has 4 nitrogen and oxygen atoms in total. The second kappa shape index (κ2) is 3.16. The van der Waals surface area contributed by atoms with Gasteiger partial charge in [-0.05, 0) is 6.07 Å². The number of nitrogens with zero attached hydrogens (tertiary/aromatic N) is 2. The highest BCUT2D eigenvalue weighted by molar-refractivity contribution is 5.79. The van der Waals surface area contributed by atoms with Crippen LogP contribution in [-0.2, 0) is 6.54 Å². The molecule has 4 heteroatoms. The molecule has 68 valence electrons. The molecule has 2 aromatic rings. The molecule has 1 N–H and O–H groups in total. The Labute approximate surface area is 75.4 Å². The molecule has 0 bridgehead atoms. The third-order valence-electron chi connectivity index (χ3n) is 1.85. The van der Waals surface area contributed by atoms with E-state index in [1.165, 1.54) is 0 Å². The molecule has 0 saturated carbocycles. The number of rotatable bonds is 2. The maximum Gasteiger partial charge on any atom is 0.137 e. The summed E-state index contributed by atoms with van der Waals surface area (Å²) in [4.78, 5) is 3.99. The Bertz CT molecular complexity index is 409. The minimum absolute atomic E-state index is 0.443. The molecule has 13 heavy (non-hydrogen) atoms. The third-order valence-corrected chi connectivity index (χ3v) is 1.85. The van der Waals surface area contributed by atoms with Gasteiger partial charge in [0.2, 0.25) is 0 Å². The summed E-state index contributed by atoms with van der Waals surface area (Å²) in [6, 6.07) is 1.80. The van der Waals surface area contributed by atoms with Crippen LogP contribution in [-0.4, -0.2) is 22.3 Å². The fourth-order valence-corrected chi connectivity index (χ4v) is 1.29. The lowest BCUT2D eigenvalue weighted by molar-refractivity contribution is -0.0729. The SMILES string of the molecule is CN(O)Cc1coc2ccncc12. The molecule has 0 radical (unpaired) electrons. The van der Waals surface area contributed by atoms with Crippen LogP contribution in [0, 0.1) is 0 Å². The highest BCUT2D eigenvalue weighted by Gasteiger charge is 2.06. The first-order valence-electron chi connectivity index (χ1n) is 3.97. The second-order valence-corrected chi connectivity index (χ2v) is 2.95. The average molecular weight is 178 g/mol. The number of fused-ring (bicyclic) bond motifs is 1. The quantitative estimate of drug-likeness (QED) is 0.710. The van der Waals surface area contributed by atoms with Crippen LogP contribution in [0.25, 0.3) is 11.0 Å². The Kier molecular flexibility index (Phi) is 2.00. The minimum Gasteiger partial charge on any atom is -0.464 e. The van der Waals surface area contributed by atoms with Gasteiger partial charge in [0.1, 0.15) is 5.58 Å². The molecule has 0 unspecified atom stereocenters. The van der Waals surface area contributed by atoms with Gasteiger partial charge in [-0.2, -0.15) is 5.06 Å². The van der Waals surface area contributed by atoms with E-state index in [2.05, 4.69) is 4.98 Å². The van der Waals surface area contributed by atoms with Crippen molar-refractivity contribution in [3.63, 3.8) is 0 Å². The number of aromatic nitrogens is 1. The summed E-state index contributed by atoms with van der Waals surface area (Å²) in [6.07, 6.45) is 5.05. The predicted octanol–water partition coefficient (Wildman–Crippen LogP) is 1.65. The summed E-state index contributed by atoms with van der Waals surface area (Å²) in [7, 11) is 1.59. The normalized spacial score (nSPS) is 11.3. The van der Waals surface area contributed by atoms with Gasteiger partial charge in [0.25, 0.3) is 0 Å². The van der Waals surface area contributed by atoms with Crippen LogP contribution in [0.5, 0.6) is 0 Å². The lowest BCUT2D eigenvalue weighted by Crippen LogP contribution is -2.11. The Morgan fingerprint density at radius 2 is 2.46 bits per heavy atom. The van der Waals surface area contributed by atoms with Gasteiger partial charge in [0, 0.05) is 30.4 Å². The zero-order valence-corrected chi connectivity index (χ0v) is 7.27. The summed E-state index contributed by atoms with van der Waals surface area (Å²) >= 11 is 0. The molecule has 2 aromatic heterocycles. The zero-order valence-electron chi connectivity index (χ0n) is 7.27. The van der Waals surface area contributed by atoms with Crippen molar-refractivity contribution in [1.29, 1.82) is 0 Å². The number of pyridine rings is 1. The highest BCUT2D eigenvalue weighted by Crippen LogP contribution is 2.20. The highest BCUT2D eigenvalue weighted by atomic mass is 16.5. The van der Waals surface area contributed by atoms with Gasteiger partial charge in [-0.25, -0.2) is 0 Å². The van der Waals surface area contributed by atoms with Crippen LogP contribution in [0.1, 0.15) is 5.56 Å². The van der Waals surface area contributed by atoms with Crippen LogP contribution < -0.4 is 0 Å². The second-order valence-electron chi connectivity index (χ2n) is 2.95. The molecule has 0 atom stereocenters. The lowest BCUT2D eigenvalue weighted by atomic mass is 10.2. The van der Waals surface area contributed by atoms with E-state index in [9.17, 15) is 0 Å². The standard InChI is InChI=1S/C9H10N2O2/c1-11(12)5-7-6-13-9-2-3-10-4-8(7)9/h2-4,6,12H,5H2,1H3. The largest absolute Gasteiger partial charge is 0.464 e. The first-order valence-corrected chi connectivity index (χ1v) is 3.97. The van der Waals surface area contributed by atoms with Crippen LogP contribution in [0.4, 0.5) is 0 Å². The van der Waals surface area contributed by atoms with Crippen molar-refractivity contribution in [3.05, 3.63) is 30.3 Å². The summed E-state index contributed by atoms with van der Waals surface area (Å²) in [5.41, 5.74) is 1.74. The van der Waals surface area contributed by atoms with Gasteiger partial charge in [-0.1, -0.05) is 0 Å². The van der Waals surface area contributed by atoms with Crippen LogP contribution >= 0.6 is 0 Å². The van der Waals surface area contributed by atoms with Crippen molar-refractivity contribution < 1.29 is 9.62 Å². The third kappa shape index (κ3) is 1.54. The smallest absolute Gasteiger partial charge is 0.137 e. The first kappa shape index (κ1) is 8.22. The molecule has 0 saturated heterocycles. The van der Waals surface area contributed by atoms with E-state index in [0.717, 1.165) is 21.6 Å². The van der Waals surface area contributed by atoms with E-state index < -0.39 is 0 Å². The monoisotopic (exact) mass is 178 g/mol. The van der Waals surface area contributed by atoms with E-state index in [-0.39, 0.29) is 0 Å². The molecular formula is C9H10N2O2. The van der Waals surface area contributed by atoms with E-state index in [1.807, 2.05) is 0 Å². The van der Waals surface area contributed by atoms with Gasteiger partial charge < -0.3 is 9.62 Å². The molecule has 0 spiro atoms. The molecule has 0 aromatic carbocycles. The van der Waals surface area contributed by atoms with Crippen LogP contribution in [0.2, 0.25) is 0 Å². The van der Waals surface area contributed by atoms with Crippen molar-refractivity contribution in [2.45, 2.75) is 6.54 Å². The molecule has 0 aliphatic heterocycles. The molecule has 2 rings (SSSR count). The molecule has 0 aliphatic rings. The molecule has 2 heterocycles. The van der Waals surface area contributed by atoms with Crippen LogP contribution in [0.3, 0.4) is 0 Å². The van der Waals surface area contributed by atoms with Gasteiger partial charge in [-0.15, -0.1) is 0 Å². The molecule has 0 fully saturated rings. The maximum atomic E-state index is 9.05. The topological polar surface area (TPSA) is 49.5 Å². The van der Waals surface area contributed by atoms with E-state index in [4.69, 9.17) is 9.62 Å². The van der Waals surface area contributed by atoms with E-state index in [0.29, 0.717) is 6.54 Å². The Morgan fingerprint density at radius 3 is 3.23 bits per heavy atom. The van der Waals surface area contributed by atoms with Gasteiger partial charge in [0.15, 0.2) is 0 Å². The Hall–Kier alpha value is -1.39. The molecule has 0 amide bonds. The predicted molar refractivity (Wildman–Crippen MR) is 47.3 cm³/mol. The van der Waals surface area contributed by atoms with Crippen molar-refractivity contribution >= 4 is 11.0 Å². The summed E-state index contributed by atoms with van der Waals surface area (Å²) in [5.74, 6) is 0. The van der Waals surface area contributed by atoms with Gasteiger partial charge in [-0.3, -0.25) is 4.98 Å². The number of furan rings is 1. The number of hydroxylamine groups is 2. The number of hydrogen-bond donors (Lipinski definition) is 1.